The lowest BCUT2D eigenvalue weighted by molar-refractivity contribution is -0.117. The zero-order chi connectivity index (χ0) is 22.1. The third kappa shape index (κ3) is 8.10. The molecule has 1 aliphatic rings. The molecule has 1 aliphatic carbocycles. The van der Waals surface area contributed by atoms with Crippen LogP contribution < -0.4 is 0 Å². The van der Waals surface area contributed by atoms with E-state index in [-0.39, 0.29) is 17.6 Å². The molecule has 0 bridgehead atoms. The Balaban J connectivity index is 1.80. The van der Waals surface area contributed by atoms with Crippen LogP contribution in [0.1, 0.15) is 70.3 Å². The average Bonchev–Trinajstić information content (AvgIpc) is 2.95. The van der Waals surface area contributed by atoms with E-state index in [9.17, 15) is 24.5 Å². The van der Waals surface area contributed by atoms with E-state index in [0.29, 0.717) is 36.3 Å². The van der Waals surface area contributed by atoms with Crippen LogP contribution in [0.5, 0.6) is 0 Å². The van der Waals surface area contributed by atoms with Gasteiger partial charge in [0.2, 0.25) is 0 Å². The third-order valence-electron chi connectivity index (χ3n) is 6.09. The number of ketones is 1. The summed E-state index contributed by atoms with van der Waals surface area (Å²) < 4.78 is 13.8. The summed E-state index contributed by atoms with van der Waals surface area (Å²) in [5, 5.41) is 31.4. The number of hydrogen-bond donors (Lipinski definition) is 3. The number of benzene rings is 1. The van der Waals surface area contributed by atoms with Gasteiger partial charge < -0.3 is 20.1 Å². The standard InChI is InChI=1S/C24H34ClFO4/c1-16(27)6-4-2-3-5-7-20-21(24(30)15-23(20)29)12-11-19(28)10-8-17-14-18(25)9-13-22(17)26/h8-10,13-14,19-21,23-24,28-30H,2-7,11-12,15H2,1H3/b10-8+/t19?,20-,21-,23+,24-/m1/s1. The molecular weight excluding hydrogens is 407 g/mol. The minimum atomic E-state index is -0.763. The van der Waals surface area contributed by atoms with E-state index >= 15 is 0 Å². The lowest BCUT2D eigenvalue weighted by Gasteiger charge is -2.24. The predicted molar refractivity (Wildman–Crippen MR) is 118 cm³/mol. The Morgan fingerprint density at radius 1 is 1.17 bits per heavy atom. The summed E-state index contributed by atoms with van der Waals surface area (Å²) in [6, 6.07) is 4.26. The molecule has 168 valence electrons. The van der Waals surface area contributed by atoms with Gasteiger partial charge in [0.15, 0.2) is 0 Å². The maximum atomic E-state index is 13.8. The van der Waals surface area contributed by atoms with Crippen molar-refractivity contribution in [3.05, 3.63) is 40.7 Å². The average molecular weight is 441 g/mol. The number of Topliss-reactive ketones (excluding diaryl/α,β-unsaturated/α-hetero) is 1. The van der Waals surface area contributed by atoms with Crippen molar-refractivity contribution in [2.75, 3.05) is 0 Å². The molecule has 1 aromatic rings. The lowest BCUT2D eigenvalue weighted by Crippen LogP contribution is -2.23. The largest absolute Gasteiger partial charge is 0.393 e. The maximum absolute atomic E-state index is 13.8. The first-order valence-electron chi connectivity index (χ1n) is 10.9. The molecule has 0 heterocycles. The predicted octanol–water partition coefficient (Wildman–Crippen LogP) is 4.92. The minimum Gasteiger partial charge on any atom is -0.393 e. The highest BCUT2D eigenvalue weighted by Gasteiger charge is 2.40. The Hall–Kier alpha value is -1.27. The number of aliphatic hydroxyl groups is 3. The van der Waals surface area contributed by atoms with Crippen molar-refractivity contribution in [2.45, 2.75) is 83.0 Å². The summed E-state index contributed by atoms with van der Waals surface area (Å²) in [5.74, 6) is -0.215. The normalized spacial score (nSPS) is 25.1. The van der Waals surface area contributed by atoms with Gasteiger partial charge in [-0.1, -0.05) is 43.0 Å². The van der Waals surface area contributed by atoms with Gasteiger partial charge in [0.25, 0.3) is 0 Å². The van der Waals surface area contributed by atoms with Gasteiger partial charge in [-0.15, -0.1) is 0 Å². The summed E-state index contributed by atoms with van der Waals surface area (Å²) in [7, 11) is 0. The van der Waals surface area contributed by atoms with Crippen LogP contribution >= 0.6 is 11.6 Å². The van der Waals surface area contributed by atoms with Gasteiger partial charge in [0.1, 0.15) is 11.6 Å². The Bertz CT molecular complexity index is 708. The zero-order valence-corrected chi connectivity index (χ0v) is 18.4. The molecule has 1 fully saturated rings. The summed E-state index contributed by atoms with van der Waals surface area (Å²) in [5.41, 5.74) is 0.320. The topological polar surface area (TPSA) is 77.8 Å². The molecule has 0 aromatic heterocycles. The summed E-state index contributed by atoms with van der Waals surface area (Å²) in [6.07, 6.45) is 7.94. The van der Waals surface area contributed by atoms with Crippen molar-refractivity contribution < 1.29 is 24.5 Å². The first-order chi connectivity index (χ1) is 14.3. The van der Waals surface area contributed by atoms with E-state index in [1.54, 1.807) is 6.92 Å². The SMILES string of the molecule is CC(=O)CCCCCC[C@@H]1[C@@H](CCC(O)/C=C/c2cc(Cl)ccc2F)[C@H](O)C[C@@H]1O. The molecule has 0 radical (unpaired) electrons. The molecule has 0 aliphatic heterocycles. The van der Waals surface area contributed by atoms with Crippen molar-refractivity contribution in [1.29, 1.82) is 0 Å². The highest BCUT2D eigenvalue weighted by atomic mass is 35.5. The Morgan fingerprint density at radius 2 is 1.83 bits per heavy atom. The fourth-order valence-electron chi connectivity index (χ4n) is 4.40. The second-order valence-corrected chi connectivity index (χ2v) is 8.96. The zero-order valence-electron chi connectivity index (χ0n) is 17.6. The maximum Gasteiger partial charge on any atom is 0.130 e. The van der Waals surface area contributed by atoms with E-state index in [1.807, 2.05) is 0 Å². The van der Waals surface area contributed by atoms with Crippen LogP contribution in [0.25, 0.3) is 6.08 Å². The molecule has 0 saturated heterocycles. The number of halogens is 2. The molecule has 0 spiro atoms. The fraction of sp³-hybridized carbons (Fsp3) is 0.625. The molecule has 30 heavy (non-hydrogen) atoms. The first-order valence-corrected chi connectivity index (χ1v) is 11.3. The van der Waals surface area contributed by atoms with Gasteiger partial charge >= 0.3 is 0 Å². The minimum absolute atomic E-state index is 0.0226. The van der Waals surface area contributed by atoms with Crippen LogP contribution in [0.4, 0.5) is 4.39 Å². The summed E-state index contributed by atoms with van der Waals surface area (Å²) in [4.78, 5) is 11.0. The van der Waals surface area contributed by atoms with E-state index in [2.05, 4.69) is 0 Å². The number of carbonyl (C=O) groups is 1. The Morgan fingerprint density at radius 3 is 2.53 bits per heavy atom. The van der Waals surface area contributed by atoms with Crippen LogP contribution in [0.2, 0.25) is 5.02 Å². The second kappa shape index (κ2) is 12.6. The number of aliphatic hydroxyl groups excluding tert-OH is 3. The van der Waals surface area contributed by atoms with Crippen molar-refractivity contribution >= 4 is 23.5 Å². The molecule has 4 nitrogen and oxygen atoms in total. The van der Waals surface area contributed by atoms with Crippen molar-refractivity contribution in [3.63, 3.8) is 0 Å². The van der Waals surface area contributed by atoms with Crippen molar-refractivity contribution in [1.82, 2.24) is 0 Å². The van der Waals surface area contributed by atoms with Gasteiger partial charge in [0, 0.05) is 17.0 Å². The monoisotopic (exact) mass is 440 g/mol. The van der Waals surface area contributed by atoms with Gasteiger partial charge in [-0.25, -0.2) is 4.39 Å². The molecule has 0 amide bonds. The quantitative estimate of drug-likeness (QED) is 0.403. The third-order valence-corrected chi connectivity index (χ3v) is 6.32. The number of rotatable bonds is 12. The van der Waals surface area contributed by atoms with Gasteiger partial charge in [0.05, 0.1) is 18.3 Å². The van der Waals surface area contributed by atoms with E-state index < -0.39 is 24.1 Å². The molecule has 3 N–H and O–H groups in total. The number of unbranched alkanes of at least 4 members (excludes halogenated alkanes) is 3. The van der Waals surface area contributed by atoms with Crippen LogP contribution in [0.3, 0.4) is 0 Å². The fourth-order valence-corrected chi connectivity index (χ4v) is 4.59. The van der Waals surface area contributed by atoms with Crippen LogP contribution in [-0.2, 0) is 4.79 Å². The van der Waals surface area contributed by atoms with Gasteiger partial charge in [-0.05, 0) is 69.1 Å². The molecule has 2 rings (SSSR count). The van der Waals surface area contributed by atoms with Gasteiger partial charge in [-0.2, -0.15) is 0 Å². The van der Waals surface area contributed by atoms with Crippen LogP contribution in [0, 0.1) is 17.7 Å². The summed E-state index contributed by atoms with van der Waals surface area (Å²) in [6.45, 7) is 1.61. The van der Waals surface area contributed by atoms with E-state index in [1.165, 1.54) is 30.4 Å². The number of hydrogen-bond acceptors (Lipinski definition) is 4. The second-order valence-electron chi connectivity index (χ2n) is 8.52. The molecule has 6 heteroatoms. The van der Waals surface area contributed by atoms with Gasteiger partial charge in [-0.3, -0.25) is 0 Å². The highest BCUT2D eigenvalue weighted by molar-refractivity contribution is 6.30. The molecule has 1 unspecified atom stereocenters. The van der Waals surface area contributed by atoms with E-state index in [0.717, 1.165) is 32.1 Å². The highest BCUT2D eigenvalue weighted by Crippen LogP contribution is 2.39. The Kier molecular flexibility index (Phi) is 10.5. The van der Waals surface area contributed by atoms with E-state index in [4.69, 9.17) is 11.6 Å². The van der Waals surface area contributed by atoms with Crippen LogP contribution in [0.15, 0.2) is 24.3 Å². The van der Waals surface area contributed by atoms with Crippen LogP contribution in [-0.4, -0.2) is 39.4 Å². The molecule has 5 atom stereocenters. The number of carbonyl (C=O) groups excluding carboxylic acids is 1. The summed E-state index contributed by atoms with van der Waals surface area (Å²) >= 11 is 5.88. The smallest absolute Gasteiger partial charge is 0.130 e. The molecule has 1 saturated carbocycles. The van der Waals surface area contributed by atoms with Crippen molar-refractivity contribution in [2.24, 2.45) is 11.8 Å². The Labute approximate surface area is 183 Å². The molecule has 1 aromatic carbocycles. The van der Waals surface area contributed by atoms with Crippen molar-refractivity contribution in [3.8, 4) is 0 Å². The molecular formula is C24H34ClFO4. The lowest BCUT2D eigenvalue weighted by atomic mass is 9.85. The first kappa shape index (κ1) is 25.0.